The zero-order valence-corrected chi connectivity index (χ0v) is 11.9. The van der Waals surface area contributed by atoms with Crippen molar-refractivity contribution in [2.24, 2.45) is 5.73 Å². The van der Waals surface area contributed by atoms with E-state index in [2.05, 4.69) is 11.8 Å². The monoisotopic (exact) mass is 264 g/mol. The van der Waals surface area contributed by atoms with Crippen LogP contribution >= 0.6 is 0 Å². The smallest absolute Gasteiger partial charge is 0.146 e. The lowest BCUT2D eigenvalue weighted by Crippen LogP contribution is -2.36. The molecule has 19 heavy (non-hydrogen) atoms. The first-order chi connectivity index (χ1) is 9.27. The minimum absolute atomic E-state index is 0.0914. The largest absolute Gasteiger partial charge is 0.366 e. The van der Waals surface area contributed by atoms with Crippen molar-refractivity contribution in [2.45, 2.75) is 51.5 Å². The van der Waals surface area contributed by atoms with E-state index >= 15 is 0 Å². The number of benzene rings is 1. The average Bonchev–Trinajstić information content (AvgIpc) is 2.64. The predicted molar refractivity (Wildman–Crippen MR) is 79.1 cm³/mol. The molecule has 1 aromatic rings. The van der Waals surface area contributed by atoms with Crippen molar-refractivity contribution in [1.82, 2.24) is 0 Å². The second-order valence-electron chi connectivity index (χ2n) is 5.39. The average molecular weight is 264 g/mol. The molecule has 1 heterocycles. The van der Waals surface area contributed by atoms with Gasteiger partial charge < -0.3 is 10.6 Å². The fourth-order valence-electron chi connectivity index (χ4n) is 3.14. The molecule has 1 aliphatic heterocycles. The maximum atomic E-state index is 14.3. The standard InChI is InChI=1S/C16H25FN2/c1-2-14-8-4-3-5-12-19(14)16-13(10-11-18)7-6-9-15(16)17/h6-7,9,14H,2-5,8,10-12,18H2,1H3. The molecule has 106 valence electrons. The fourth-order valence-corrected chi connectivity index (χ4v) is 3.14. The molecule has 2 N–H and O–H groups in total. The van der Waals surface area contributed by atoms with Crippen LogP contribution < -0.4 is 10.6 Å². The molecule has 1 unspecified atom stereocenters. The molecule has 0 spiro atoms. The number of anilines is 1. The Labute approximate surface area is 115 Å². The highest BCUT2D eigenvalue weighted by atomic mass is 19.1. The molecule has 0 bridgehead atoms. The van der Waals surface area contributed by atoms with Gasteiger partial charge in [0.25, 0.3) is 0 Å². The van der Waals surface area contributed by atoms with Gasteiger partial charge in [-0.3, -0.25) is 0 Å². The van der Waals surface area contributed by atoms with Crippen molar-refractivity contribution in [3.05, 3.63) is 29.6 Å². The zero-order valence-electron chi connectivity index (χ0n) is 11.9. The van der Waals surface area contributed by atoms with Gasteiger partial charge in [0.15, 0.2) is 0 Å². The molecule has 0 aromatic heterocycles. The Morgan fingerprint density at radius 2 is 2.16 bits per heavy atom. The molecule has 1 aliphatic rings. The van der Waals surface area contributed by atoms with Crippen LogP contribution in [0.25, 0.3) is 0 Å². The second kappa shape index (κ2) is 6.90. The van der Waals surface area contributed by atoms with Crippen molar-refractivity contribution in [3.63, 3.8) is 0 Å². The molecular formula is C16H25FN2. The van der Waals surface area contributed by atoms with E-state index in [4.69, 9.17) is 5.73 Å². The summed E-state index contributed by atoms with van der Waals surface area (Å²) in [7, 11) is 0. The first kappa shape index (κ1) is 14.3. The van der Waals surface area contributed by atoms with E-state index in [0.29, 0.717) is 12.6 Å². The highest BCUT2D eigenvalue weighted by Crippen LogP contribution is 2.31. The van der Waals surface area contributed by atoms with Crippen LogP contribution in [0.1, 0.15) is 44.6 Å². The third-order valence-electron chi connectivity index (χ3n) is 4.12. The van der Waals surface area contributed by atoms with Gasteiger partial charge in [0.1, 0.15) is 5.82 Å². The van der Waals surface area contributed by atoms with Gasteiger partial charge >= 0.3 is 0 Å². The van der Waals surface area contributed by atoms with E-state index in [9.17, 15) is 4.39 Å². The minimum Gasteiger partial charge on any atom is -0.366 e. The number of para-hydroxylation sites is 1. The van der Waals surface area contributed by atoms with Gasteiger partial charge in [0, 0.05) is 12.6 Å². The van der Waals surface area contributed by atoms with Gasteiger partial charge in [0.2, 0.25) is 0 Å². The summed E-state index contributed by atoms with van der Waals surface area (Å²) >= 11 is 0. The summed E-state index contributed by atoms with van der Waals surface area (Å²) < 4.78 is 14.3. The van der Waals surface area contributed by atoms with E-state index in [1.807, 2.05) is 6.07 Å². The highest BCUT2D eigenvalue weighted by molar-refractivity contribution is 5.56. The Bertz CT molecular complexity index is 406. The van der Waals surface area contributed by atoms with Crippen LogP contribution in [-0.4, -0.2) is 19.1 Å². The normalized spacial score (nSPS) is 20.4. The summed E-state index contributed by atoms with van der Waals surface area (Å²) in [5.41, 5.74) is 7.53. The Morgan fingerprint density at radius 1 is 1.32 bits per heavy atom. The number of halogens is 1. The zero-order chi connectivity index (χ0) is 13.7. The number of hydrogen-bond acceptors (Lipinski definition) is 2. The number of nitrogens with zero attached hydrogens (tertiary/aromatic N) is 1. The number of hydrogen-bond donors (Lipinski definition) is 1. The minimum atomic E-state index is -0.0914. The van der Waals surface area contributed by atoms with Gasteiger partial charge in [0.05, 0.1) is 5.69 Å². The highest BCUT2D eigenvalue weighted by Gasteiger charge is 2.24. The van der Waals surface area contributed by atoms with Crippen LogP contribution in [0.3, 0.4) is 0 Å². The molecule has 2 rings (SSSR count). The molecule has 1 aromatic carbocycles. The molecule has 3 heteroatoms. The van der Waals surface area contributed by atoms with Crippen molar-refractivity contribution >= 4 is 5.69 Å². The third kappa shape index (κ3) is 3.27. The summed E-state index contributed by atoms with van der Waals surface area (Å²) in [6.07, 6.45) is 6.68. The molecule has 1 saturated heterocycles. The summed E-state index contributed by atoms with van der Waals surface area (Å²) in [4.78, 5) is 2.30. The van der Waals surface area contributed by atoms with Crippen LogP contribution in [0.2, 0.25) is 0 Å². The Balaban J connectivity index is 2.36. The van der Waals surface area contributed by atoms with Gasteiger partial charge in [-0.2, -0.15) is 0 Å². The Kier molecular flexibility index (Phi) is 5.20. The van der Waals surface area contributed by atoms with Crippen molar-refractivity contribution < 1.29 is 4.39 Å². The molecule has 1 fully saturated rings. The Morgan fingerprint density at radius 3 is 2.89 bits per heavy atom. The van der Waals surface area contributed by atoms with Crippen LogP contribution in [0.15, 0.2) is 18.2 Å². The fraction of sp³-hybridized carbons (Fsp3) is 0.625. The van der Waals surface area contributed by atoms with Crippen LogP contribution in [0.5, 0.6) is 0 Å². The topological polar surface area (TPSA) is 29.3 Å². The van der Waals surface area contributed by atoms with Gasteiger partial charge in [-0.05, 0) is 43.9 Å². The van der Waals surface area contributed by atoms with E-state index in [-0.39, 0.29) is 5.82 Å². The van der Waals surface area contributed by atoms with Crippen LogP contribution in [0.4, 0.5) is 10.1 Å². The van der Waals surface area contributed by atoms with Crippen LogP contribution in [-0.2, 0) is 6.42 Å². The first-order valence-electron chi connectivity index (χ1n) is 7.52. The second-order valence-corrected chi connectivity index (χ2v) is 5.39. The lowest BCUT2D eigenvalue weighted by molar-refractivity contribution is 0.537. The quantitative estimate of drug-likeness (QED) is 0.902. The number of nitrogens with two attached hydrogens (primary N) is 1. The summed E-state index contributed by atoms with van der Waals surface area (Å²) in [5.74, 6) is -0.0914. The third-order valence-corrected chi connectivity index (χ3v) is 4.12. The lowest BCUT2D eigenvalue weighted by atomic mass is 10.0. The van der Waals surface area contributed by atoms with E-state index in [1.54, 1.807) is 12.1 Å². The predicted octanol–water partition coefficient (Wildman–Crippen LogP) is 3.49. The molecule has 0 aliphatic carbocycles. The summed E-state index contributed by atoms with van der Waals surface area (Å²) in [6.45, 7) is 3.74. The van der Waals surface area contributed by atoms with E-state index < -0.39 is 0 Å². The molecule has 2 nitrogen and oxygen atoms in total. The van der Waals surface area contributed by atoms with Crippen molar-refractivity contribution in [2.75, 3.05) is 18.0 Å². The SMILES string of the molecule is CCC1CCCCCN1c1c(F)cccc1CCN. The summed E-state index contributed by atoms with van der Waals surface area (Å²) in [5, 5.41) is 0. The Hall–Kier alpha value is -1.09. The number of rotatable bonds is 4. The molecule has 0 amide bonds. The molecular weight excluding hydrogens is 239 g/mol. The molecule has 0 saturated carbocycles. The summed E-state index contributed by atoms with van der Waals surface area (Å²) in [6, 6.07) is 5.86. The molecule has 0 radical (unpaired) electrons. The van der Waals surface area contributed by atoms with Gasteiger partial charge in [-0.1, -0.05) is 31.9 Å². The van der Waals surface area contributed by atoms with E-state index in [0.717, 1.165) is 37.1 Å². The van der Waals surface area contributed by atoms with Crippen molar-refractivity contribution in [1.29, 1.82) is 0 Å². The van der Waals surface area contributed by atoms with Crippen molar-refractivity contribution in [3.8, 4) is 0 Å². The molecule has 1 atom stereocenters. The van der Waals surface area contributed by atoms with Gasteiger partial charge in [-0.15, -0.1) is 0 Å². The first-order valence-corrected chi connectivity index (χ1v) is 7.52. The van der Waals surface area contributed by atoms with Gasteiger partial charge in [-0.25, -0.2) is 4.39 Å². The lowest BCUT2D eigenvalue weighted by Gasteiger charge is -2.33. The van der Waals surface area contributed by atoms with E-state index in [1.165, 1.54) is 19.3 Å². The maximum Gasteiger partial charge on any atom is 0.146 e. The maximum absolute atomic E-state index is 14.3. The van der Waals surface area contributed by atoms with Crippen LogP contribution in [0, 0.1) is 5.82 Å².